The second kappa shape index (κ2) is 4.54. The molecule has 0 saturated heterocycles. The van der Waals surface area contributed by atoms with Gasteiger partial charge in [-0.15, -0.1) is 0 Å². The van der Waals surface area contributed by atoms with Gasteiger partial charge in [-0.05, 0) is 19.8 Å². The Hall–Kier alpha value is -0.310. The molecule has 1 unspecified atom stereocenters. The monoisotopic (exact) mass is 220 g/mol. The number of hydrogen-bond acceptors (Lipinski definition) is 1. The maximum Gasteiger partial charge on any atom is 0.320 e. The Bertz CT molecular complexity index is 161. The summed E-state index contributed by atoms with van der Waals surface area (Å²) in [6, 6.07) is 0. The summed E-state index contributed by atoms with van der Waals surface area (Å²) >= 11 is 3.13. The highest BCUT2D eigenvalue weighted by atomic mass is 79.9. The number of aliphatic carboxylic acids is 1. The number of rotatable bonds is 4. The molecule has 0 aliphatic heterocycles. The number of halogens is 1. The maximum atomic E-state index is 10.5. The quantitative estimate of drug-likeness (QED) is 0.585. The Balaban J connectivity index is 3.92. The van der Waals surface area contributed by atoms with Crippen LogP contribution in [0.1, 0.15) is 26.7 Å². The molecule has 0 aromatic heterocycles. The van der Waals surface area contributed by atoms with E-state index in [0.717, 1.165) is 6.42 Å². The highest BCUT2D eigenvalue weighted by molar-refractivity contribution is 9.10. The summed E-state index contributed by atoms with van der Waals surface area (Å²) in [6.45, 7) is 3.66. The largest absolute Gasteiger partial charge is 0.480 e. The third kappa shape index (κ3) is 4.19. The summed E-state index contributed by atoms with van der Waals surface area (Å²) in [5.41, 5.74) is 0. The first-order valence-electron chi connectivity index (χ1n) is 3.58. The van der Waals surface area contributed by atoms with Crippen LogP contribution in [-0.4, -0.2) is 15.4 Å². The van der Waals surface area contributed by atoms with Crippen molar-refractivity contribution < 1.29 is 9.90 Å². The van der Waals surface area contributed by atoms with Gasteiger partial charge in [0.2, 0.25) is 0 Å². The third-order valence-electron chi connectivity index (χ3n) is 1.35. The number of carboxylic acids is 1. The van der Waals surface area contributed by atoms with Gasteiger partial charge in [0.25, 0.3) is 0 Å². The fraction of sp³-hybridized carbons (Fsp3) is 0.625. The van der Waals surface area contributed by atoms with Crippen molar-refractivity contribution in [3.05, 3.63) is 12.2 Å². The second-order valence-electron chi connectivity index (χ2n) is 2.59. The lowest BCUT2D eigenvalue weighted by molar-refractivity contribution is -0.139. The molecule has 11 heavy (non-hydrogen) atoms. The molecule has 3 heteroatoms. The van der Waals surface area contributed by atoms with E-state index in [1.165, 1.54) is 0 Å². The molecule has 0 bridgehead atoms. The lowest BCUT2D eigenvalue weighted by atomic mass is 10.1. The molecule has 1 atom stereocenters. The Morgan fingerprint density at radius 1 is 1.64 bits per heavy atom. The molecule has 0 aliphatic rings. The smallest absolute Gasteiger partial charge is 0.320 e. The maximum absolute atomic E-state index is 10.5. The average molecular weight is 221 g/mol. The summed E-state index contributed by atoms with van der Waals surface area (Å²) in [5.74, 6) is -0.821. The number of carbonyl (C=O) groups is 1. The minimum absolute atomic E-state index is 0.524. The Morgan fingerprint density at radius 2 is 2.18 bits per heavy atom. The van der Waals surface area contributed by atoms with Gasteiger partial charge in [0.05, 0.1) is 0 Å². The van der Waals surface area contributed by atoms with Gasteiger partial charge >= 0.3 is 5.97 Å². The zero-order chi connectivity index (χ0) is 8.91. The Labute approximate surface area is 75.4 Å². The van der Waals surface area contributed by atoms with E-state index in [4.69, 9.17) is 5.11 Å². The Kier molecular flexibility index (Phi) is 4.42. The predicted molar refractivity (Wildman–Crippen MR) is 49.0 cm³/mol. The summed E-state index contributed by atoms with van der Waals surface area (Å²) in [7, 11) is 0. The van der Waals surface area contributed by atoms with Gasteiger partial charge in [-0.2, -0.15) is 0 Å². The van der Waals surface area contributed by atoms with Crippen LogP contribution in [0.2, 0.25) is 0 Å². The molecule has 0 aliphatic carbocycles. The van der Waals surface area contributed by atoms with Crippen molar-refractivity contribution >= 4 is 21.9 Å². The average Bonchev–Trinajstić information content (AvgIpc) is 1.88. The van der Waals surface area contributed by atoms with Crippen molar-refractivity contribution in [1.29, 1.82) is 0 Å². The van der Waals surface area contributed by atoms with Gasteiger partial charge in [0, 0.05) is 0 Å². The third-order valence-corrected chi connectivity index (χ3v) is 2.01. The lowest BCUT2D eigenvalue weighted by Crippen LogP contribution is -2.26. The van der Waals surface area contributed by atoms with Crippen LogP contribution in [0.5, 0.6) is 0 Å². The van der Waals surface area contributed by atoms with Crippen molar-refractivity contribution in [3.8, 4) is 0 Å². The molecule has 2 nitrogen and oxygen atoms in total. The fourth-order valence-corrected chi connectivity index (χ4v) is 0.746. The van der Waals surface area contributed by atoms with Crippen molar-refractivity contribution in [1.82, 2.24) is 0 Å². The van der Waals surface area contributed by atoms with E-state index in [1.54, 1.807) is 6.92 Å². The molecule has 0 aromatic rings. The van der Waals surface area contributed by atoms with Crippen molar-refractivity contribution in [2.45, 2.75) is 31.0 Å². The van der Waals surface area contributed by atoms with Crippen molar-refractivity contribution in [2.24, 2.45) is 0 Å². The van der Waals surface area contributed by atoms with Gasteiger partial charge in [0.15, 0.2) is 0 Å². The van der Waals surface area contributed by atoms with Crippen LogP contribution in [0.4, 0.5) is 0 Å². The zero-order valence-corrected chi connectivity index (χ0v) is 8.39. The van der Waals surface area contributed by atoms with E-state index in [0.29, 0.717) is 6.42 Å². The first-order valence-corrected chi connectivity index (χ1v) is 4.37. The molecule has 0 rings (SSSR count). The lowest BCUT2D eigenvalue weighted by Gasteiger charge is -2.13. The van der Waals surface area contributed by atoms with Crippen LogP contribution in [-0.2, 0) is 4.79 Å². The van der Waals surface area contributed by atoms with Gasteiger partial charge < -0.3 is 5.11 Å². The van der Waals surface area contributed by atoms with E-state index >= 15 is 0 Å². The van der Waals surface area contributed by atoms with Gasteiger partial charge in [0.1, 0.15) is 4.32 Å². The van der Waals surface area contributed by atoms with Gasteiger partial charge in [-0.3, -0.25) is 4.79 Å². The van der Waals surface area contributed by atoms with E-state index in [-0.39, 0.29) is 0 Å². The summed E-state index contributed by atoms with van der Waals surface area (Å²) in [6.07, 6.45) is 5.31. The molecular formula is C8H13BrO2. The van der Waals surface area contributed by atoms with Gasteiger partial charge in [-0.25, -0.2) is 0 Å². The van der Waals surface area contributed by atoms with Crippen LogP contribution in [0.3, 0.4) is 0 Å². The summed E-state index contributed by atoms with van der Waals surface area (Å²) in [4.78, 5) is 10.5. The molecule has 64 valence electrons. The molecule has 1 N–H and O–H groups in total. The molecule has 0 amide bonds. The SMILES string of the molecule is CC/C=C/CC(C)(Br)C(=O)O. The van der Waals surface area contributed by atoms with Crippen LogP contribution in [0.25, 0.3) is 0 Å². The molecule has 0 fully saturated rings. The first kappa shape index (κ1) is 10.7. The van der Waals surface area contributed by atoms with E-state index in [9.17, 15) is 4.79 Å². The fourth-order valence-electron chi connectivity index (χ4n) is 0.559. The summed E-state index contributed by atoms with van der Waals surface area (Å²) < 4.78 is -0.807. The molecule has 0 aromatic carbocycles. The van der Waals surface area contributed by atoms with Crippen LogP contribution >= 0.6 is 15.9 Å². The van der Waals surface area contributed by atoms with E-state index < -0.39 is 10.3 Å². The topological polar surface area (TPSA) is 37.3 Å². The second-order valence-corrected chi connectivity index (χ2v) is 4.34. The molecule has 0 spiro atoms. The Morgan fingerprint density at radius 3 is 2.55 bits per heavy atom. The van der Waals surface area contributed by atoms with Crippen LogP contribution < -0.4 is 0 Å². The minimum atomic E-state index is -0.821. The predicted octanol–water partition coefficient (Wildman–Crippen LogP) is 2.58. The van der Waals surface area contributed by atoms with Crippen molar-refractivity contribution in [3.63, 3.8) is 0 Å². The molecule has 0 radical (unpaired) electrons. The van der Waals surface area contributed by atoms with E-state index in [1.807, 2.05) is 19.1 Å². The standard InChI is InChI=1S/C8H13BrO2/c1-3-4-5-6-8(2,9)7(10)11/h4-5H,3,6H2,1-2H3,(H,10,11)/b5-4+. The highest BCUT2D eigenvalue weighted by Gasteiger charge is 2.27. The summed E-state index contributed by atoms with van der Waals surface area (Å²) in [5, 5.41) is 8.66. The zero-order valence-electron chi connectivity index (χ0n) is 6.80. The molecule has 0 saturated carbocycles. The van der Waals surface area contributed by atoms with Gasteiger partial charge in [-0.1, -0.05) is 35.0 Å². The highest BCUT2D eigenvalue weighted by Crippen LogP contribution is 2.22. The van der Waals surface area contributed by atoms with E-state index in [2.05, 4.69) is 15.9 Å². The molecular weight excluding hydrogens is 208 g/mol. The first-order chi connectivity index (χ1) is 5.00. The molecule has 0 heterocycles. The van der Waals surface area contributed by atoms with Crippen LogP contribution in [0, 0.1) is 0 Å². The van der Waals surface area contributed by atoms with Crippen molar-refractivity contribution in [2.75, 3.05) is 0 Å². The van der Waals surface area contributed by atoms with Crippen LogP contribution in [0.15, 0.2) is 12.2 Å². The number of alkyl halides is 1. The number of carboxylic acid groups (broad SMARTS) is 1. The number of hydrogen-bond donors (Lipinski definition) is 1. The minimum Gasteiger partial charge on any atom is -0.480 e. The number of allylic oxidation sites excluding steroid dienone is 2. The normalized spacial score (nSPS) is 16.6.